The van der Waals surface area contributed by atoms with E-state index in [1.165, 1.54) is 0 Å². The minimum atomic E-state index is -4.95. The average Bonchev–Trinajstić information content (AvgIpc) is 2.01. The summed E-state index contributed by atoms with van der Waals surface area (Å²) in [5.41, 5.74) is -0.621. The number of hydrogen-bond donors (Lipinski definition) is 1. The normalized spacial score (nSPS) is 11.5. The lowest BCUT2D eigenvalue weighted by atomic mass is 10.3. The Morgan fingerprint density at radius 3 is 2.57 bits per heavy atom. The van der Waals surface area contributed by atoms with Crippen LogP contribution in [-0.4, -0.2) is 16.5 Å². The fourth-order valence-electron chi connectivity index (χ4n) is 0.792. The van der Waals surface area contributed by atoms with Gasteiger partial charge in [-0.15, -0.1) is 13.2 Å². The number of aliphatic hydroxyl groups is 1. The predicted octanol–water partition coefficient (Wildman–Crippen LogP) is 1.61. The van der Waals surface area contributed by atoms with Crippen molar-refractivity contribution in [3.8, 4) is 5.88 Å². The fraction of sp³-hybridized carbons (Fsp3) is 0.286. The largest absolute Gasteiger partial charge is 0.574 e. The van der Waals surface area contributed by atoms with E-state index in [0.29, 0.717) is 0 Å². The van der Waals surface area contributed by atoms with Crippen molar-refractivity contribution in [3.63, 3.8) is 0 Å². The van der Waals surface area contributed by atoms with E-state index in [2.05, 4.69) is 9.72 Å². The molecule has 14 heavy (non-hydrogen) atoms. The monoisotopic (exact) mass is 211 g/mol. The molecule has 0 spiro atoms. The van der Waals surface area contributed by atoms with Gasteiger partial charge in [-0.2, -0.15) is 0 Å². The first kappa shape index (κ1) is 10.7. The van der Waals surface area contributed by atoms with Crippen LogP contribution in [0.5, 0.6) is 5.88 Å². The van der Waals surface area contributed by atoms with Crippen molar-refractivity contribution in [3.05, 3.63) is 23.6 Å². The van der Waals surface area contributed by atoms with E-state index in [-0.39, 0.29) is 0 Å². The van der Waals surface area contributed by atoms with Gasteiger partial charge in [0.25, 0.3) is 0 Å². The van der Waals surface area contributed by atoms with Crippen LogP contribution >= 0.6 is 0 Å². The van der Waals surface area contributed by atoms with Gasteiger partial charge >= 0.3 is 6.36 Å². The van der Waals surface area contributed by atoms with Gasteiger partial charge in [-0.05, 0) is 6.07 Å². The summed E-state index contributed by atoms with van der Waals surface area (Å²) in [7, 11) is 0. The third-order valence-corrected chi connectivity index (χ3v) is 1.33. The highest BCUT2D eigenvalue weighted by Crippen LogP contribution is 2.25. The number of hydrogen-bond acceptors (Lipinski definition) is 3. The standard InChI is InChI=1S/C7H5F4NO2/c8-5-1-2-12-6(4(5)3-13)14-7(9,10)11/h1-2,13H,3H2. The molecule has 0 aliphatic rings. The van der Waals surface area contributed by atoms with Crippen LogP contribution in [0.2, 0.25) is 0 Å². The summed E-state index contributed by atoms with van der Waals surface area (Å²) < 4.78 is 51.3. The molecule has 0 atom stereocenters. The van der Waals surface area contributed by atoms with Crippen LogP contribution in [0, 0.1) is 5.82 Å². The lowest BCUT2D eigenvalue weighted by Crippen LogP contribution is -2.19. The number of rotatable bonds is 2. The van der Waals surface area contributed by atoms with Crippen LogP contribution < -0.4 is 4.74 Å². The van der Waals surface area contributed by atoms with Gasteiger partial charge < -0.3 is 9.84 Å². The van der Waals surface area contributed by atoms with Crippen molar-refractivity contribution >= 4 is 0 Å². The van der Waals surface area contributed by atoms with E-state index < -0.39 is 30.2 Å². The highest BCUT2D eigenvalue weighted by atomic mass is 19.4. The highest BCUT2D eigenvalue weighted by Gasteiger charge is 2.33. The Balaban J connectivity index is 3.02. The number of halogens is 4. The van der Waals surface area contributed by atoms with Crippen molar-refractivity contribution in [1.82, 2.24) is 4.98 Å². The average molecular weight is 211 g/mol. The molecule has 1 rings (SSSR count). The van der Waals surface area contributed by atoms with E-state index in [1.54, 1.807) is 0 Å². The number of aromatic nitrogens is 1. The van der Waals surface area contributed by atoms with Crippen LogP contribution in [0.25, 0.3) is 0 Å². The zero-order valence-electron chi connectivity index (χ0n) is 6.68. The van der Waals surface area contributed by atoms with Crippen molar-refractivity contribution in [2.75, 3.05) is 0 Å². The van der Waals surface area contributed by atoms with Crippen molar-refractivity contribution in [2.45, 2.75) is 13.0 Å². The lowest BCUT2D eigenvalue weighted by Gasteiger charge is -2.10. The Kier molecular flexibility index (Phi) is 2.90. The zero-order chi connectivity index (χ0) is 10.8. The first-order valence-electron chi connectivity index (χ1n) is 3.44. The molecule has 3 nitrogen and oxygen atoms in total. The number of ether oxygens (including phenoxy) is 1. The van der Waals surface area contributed by atoms with E-state index >= 15 is 0 Å². The van der Waals surface area contributed by atoms with Gasteiger partial charge in [0.2, 0.25) is 5.88 Å². The minimum absolute atomic E-state index is 0.621. The molecule has 0 bridgehead atoms. The third kappa shape index (κ3) is 2.56. The SMILES string of the molecule is OCc1c(F)ccnc1OC(F)(F)F. The quantitative estimate of drug-likeness (QED) is 0.755. The van der Waals surface area contributed by atoms with Gasteiger partial charge in [0.15, 0.2) is 0 Å². The van der Waals surface area contributed by atoms with Crippen LogP contribution in [0.1, 0.15) is 5.56 Å². The number of aliphatic hydroxyl groups excluding tert-OH is 1. The third-order valence-electron chi connectivity index (χ3n) is 1.33. The summed E-state index contributed by atoms with van der Waals surface area (Å²) in [5.74, 6) is -1.97. The van der Waals surface area contributed by atoms with E-state index in [4.69, 9.17) is 5.11 Å². The van der Waals surface area contributed by atoms with Gasteiger partial charge in [0, 0.05) is 6.20 Å². The van der Waals surface area contributed by atoms with Gasteiger partial charge in [0.05, 0.1) is 12.2 Å². The molecule has 1 N–H and O–H groups in total. The summed E-state index contributed by atoms with van der Waals surface area (Å²) in [4.78, 5) is 3.15. The molecule has 0 aliphatic heterocycles. The summed E-state index contributed by atoms with van der Waals surface area (Å²) in [6, 6.07) is 0.828. The molecule has 0 unspecified atom stereocenters. The first-order chi connectivity index (χ1) is 6.44. The molecule has 0 radical (unpaired) electrons. The molecule has 0 aromatic carbocycles. The molecular formula is C7H5F4NO2. The highest BCUT2D eigenvalue weighted by molar-refractivity contribution is 5.26. The second-order valence-corrected chi connectivity index (χ2v) is 2.28. The summed E-state index contributed by atoms with van der Waals surface area (Å²) in [6.07, 6.45) is -4.14. The fourth-order valence-corrected chi connectivity index (χ4v) is 0.792. The molecule has 7 heteroatoms. The summed E-state index contributed by atoms with van der Waals surface area (Å²) in [5, 5.41) is 8.57. The number of nitrogens with zero attached hydrogens (tertiary/aromatic N) is 1. The molecule has 1 aromatic heterocycles. The smallest absolute Gasteiger partial charge is 0.391 e. The van der Waals surface area contributed by atoms with Gasteiger partial charge in [-0.3, -0.25) is 0 Å². The topological polar surface area (TPSA) is 42.4 Å². The maximum atomic E-state index is 12.8. The number of pyridine rings is 1. The van der Waals surface area contributed by atoms with Crippen molar-refractivity contribution in [1.29, 1.82) is 0 Å². The second kappa shape index (κ2) is 3.79. The van der Waals surface area contributed by atoms with Gasteiger partial charge in [-0.25, -0.2) is 9.37 Å². The Hall–Kier alpha value is -1.37. The minimum Gasteiger partial charge on any atom is -0.391 e. The van der Waals surface area contributed by atoms with Crippen LogP contribution in [0.4, 0.5) is 17.6 Å². The van der Waals surface area contributed by atoms with Crippen molar-refractivity contribution in [2.24, 2.45) is 0 Å². The molecule has 78 valence electrons. The molecule has 0 saturated heterocycles. The molecule has 0 saturated carbocycles. The predicted molar refractivity (Wildman–Crippen MR) is 36.8 cm³/mol. The van der Waals surface area contributed by atoms with E-state index in [1.807, 2.05) is 0 Å². The summed E-state index contributed by atoms with van der Waals surface area (Å²) in [6.45, 7) is -0.912. The maximum absolute atomic E-state index is 12.8. The van der Waals surface area contributed by atoms with Crippen molar-refractivity contribution < 1.29 is 27.4 Å². The second-order valence-electron chi connectivity index (χ2n) is 2.28. The molecule has 0 fully saturated rings. The molecular weight excluding hydrogens is 206 g/mol. The molecule has 1 heterocycles. The molecule has 0 amide bonds. The maximum Gasteiger partial charge on any atom is 0.574 e. The van der Waals surface area contributed by atoms with Gasteiger partial charge in [0.1, 0.15) is 5.82 Å². The van der Waals surface area contributed by atoms with E-state index in [9.17, 15) is 17.6 Å². The van der Waals surface area contributed by atoms with E-state index in [0.717, 1.165) is 12.3 Å². The Labute approximate surface area is 76.0 Å². The lowest BCUT2D eigenvalue weighted by molar-refractivity contribution is -0.276. The van der Waals surface area contributed by atoms with Crippen LogP contribution in [0.15, 0.2) is 12.3 Å². The number of alkyl halides is 3. The Bertz CT molecular complexity index is 326. The van der Waals surface area contributed by atoms with Crippen LogP contribution in [0.3, 0.4) is 0 Å². The van der Waals surface area contributed by atoms with Crippen LogP contribution in [-0.2, 0) is 6.61 Å². The Morgan fingerprint density at radius 2 is 2.07 bits per heavy atom. The van der Waals surface area contributed by atoms with Gasteiger partial charge in [-0.1, -0.05) is 0 Å². The zero-order valence-corrected chi connectivity index (χ0v) is 6.68. The first-order valence-corrected chi connectivity index (χ1v) is 3.44. The summed E-state index contributed by atoms with van der Waals surface area (Å²) >= 11 is 0. The Morgan fingerprint density at radius 1 is 1.43 bits per heavy atom. The molecule has 1 aromatic rings. The molecule has 0 aliphatic carbocycles.